The molecule has 3 N–H and O–H groups in total. The minimum Gasteiger partial charge on any atom is -0.445 e. The fourth-order valence-electron chi connectivity index (χ4n) is 3.31. The van der Waals surface area contributed by atoms with Gasteiger partial charge in [0.05, 0.1) is 6.04 Å². The number of aromatic amines is 1. The summed E-state index contributed by atoms with van der Waals surface area (Å²) in [6.07, 6.45) is 0.999. The van der Waals surface area contributed by atoms with Crippen LogP contribution in [0.15, 0.2) is 60.7 Å². The van der Waals surface area contributed by atoms with Crippen LogP contribution in [0.4, 0.5) is 9.59 Å². The van der Waals surface area contributed by atoms with E-state index in [9.17, 15) is 9.59 Å². The van der Waals surface area contributed by atoms with Crippen LogP contribution in [0.2, 0.25) is 0 Å². The molecular formula is C26H33N5O4. The second kappa shape index (κ2) is 12.5. The number of rotatable bonds is 10. The molecule has 1 aromatic heterocycles. The summed E-state index contributed by atoms with van der Waals surface area (Å²) in [4.78, 5) is 28.9. The van der Waals surface area contributed by atoms with Gasteiger partial charge in [-0.15, -0.1) is 0 Å². The van der Waals surface area contributed by atoms with Crippen LogP contribution in [0.1, 0.15) is 57.5 Å². The Morgan fingerprint density at radius 1 is 0.971 bits per heavy atom. The van der Waals surface area contributed by atoms with E-state index in [1.807, 2.05) is 81.4 Å². The third kappa shape index (κ3) is 9.11. The first-order valence-electron chi connectivity index (χ1n) is 11.7. The van der Waals surface area contributed by atoms with Crippen LogP contribution in [0.3, 0.4) is 0 Å². The van der Waals surface area contributed by atoms with Crippen molar-refractivity contribution in [3.8, 4) is 11.4 Å². The molecule has 9 nitrogen and oxygen atoms in total. The summed E-state index contributed by atoms with van der Waals surface area (Å²) in [6, 6.07) is 18.7. The van der Waals surface area contributed by atoms with E-state index in [1.165, 1.54) is 0 Å². The molecule has 3 aromatic rings. The summed E-state index contributed by atoms with van der Waals surface area (Å²) in [5, 5.41) is 12.9. The molecule has 0 bridgehead atoms. The number of aromatic nitrogens is 3. The number of hydrogen-bond donors (Lipinski definition) is 3. The fraction of sp³-hybridized carbons (Fsp3) is 0.385. The molecular weight excluding hydrogens is 446 g/mol. The Labute approximate surface area is 205 Å². The fourth-order valence-corrected chi connectivity index (χ4v) is 3.31. The van der Waals surface area contributed by atoms with Crippen molar-refractivity contribution in [1.29, 1.82) is 0 Å². The third-order valence-electron chi connectivity index (χ3n) is 4.95. The highest BCUT2D eigenvalue weighted by atomic mass is 16.6. The first-order valence-corrected chi connectivity index (χ1v) is 11.7. The number of carbonyl (C=O) groups excluding carboxylic acids is 2. The van der Waals surface area contributed by atoms with Gasteiger partial charge in [0.15, 0.2) is 11.6 Å². The SMILES string of the molecule is CC(C)(C)OC(=O)NCCCCC(NC(=O)OCc1ccccc1)c1n[nH]c(-c2ccccc2)n1. The molecule has 9 heteroatoms. The van der Waals surface area contributed by atoms with Crippen molar-refractivity contribution in [2.75, 3.05) is 6.54 Å². The van der Waals surface area contributed by atoms with E-state index in [-0.39, 0.29) is 6.61 Å². The molecule has 0 aliphatic carbocycles. The highest BCUT2D eigenvalue weighted by molar-refractivity contribution is 5.68. The molecule has 0 saturated heterocycles. The summed E-state index contributed by atoms with van der Waals surface area (Å²) >= 11 is 0. The lowest BCUT2D eigenvalue weighted by molar-refractivity contribution is 0.0527. The van der Waals surface area contributed by atoms with Gasteiger partial charge in [-0.2, -0.15) is 5.10 Å². The highest BCUT2D eigenvalue weighted by Crippen LogP contribution is 2.20. The van der Waals surface area contributed by atoms with Crippen molar-refractivity contribution in [1.82, 2.24) is 25.8 Å². The van der Waals surface area contributed by atoms with Gasteiger partial charge in [0.25, 0.3) is 0 Å². The first kappa shape index (κ1) is 25.7. The Bertz CT molecular complexity index is 1060. The van der Waals surface area contributed by atoms with E-state index in [2.05, 4.69) is 25.8 Å². The normalized spacial score (nSPS) is 12.0. The molecule has 0 aliphatic rings. The molecule has 0 fully saturated rings. The number of nitrogens with zero attached hydrogens (tertiary/aromatic N) is 2. The van der Waals surface area contributed by atoms with Crippen LogP contribution < -0.4 is 10.6 Å². The Balaban J connectivity index is 1.57. The van der Waals surface area contributed by atoms with Crippen LogP contribution in [0.5, 0.6) is 0 Å². The van der Waals surface area contributed by atoms with E-state index >= 15 is 0 Å². The predicted molar refractivity (Wildman–Crippen MR) is 132 cm³/mol. The minimum absolute atomic E-state index is 0.169. The molecule has 0 saturated carbocycles. The zero-order valence-electron chi connectivity index (χ0n) is 20.4. The van der Waals surface area contributed by atoms with Crippen molar-refractivity contribution in [3.63, 3.8) is 0 Å². The maximum atomic E-state index is 12.5. The van der Waals surface area contributed by atoms with Crippen molar-refractivity contribution in [2.45, 2.75) is 58.3 Å². The van der Waals surface area contributed by atoms with E-state index in [0.29, 0.717) is 37.5 Å². The lowest BCUT2D eigenvalue weighted by Gasteiger charge is -2.19. The monoisotopic (exact) mass is 479 g/mol. The summed E-state index contributed by atoms with van der Waals surface area (Å²) in [5.74, 6) is 1.09. The quantitative estimate of drug-likeness (QED) is 0.347. The van der Waals surface area contributed by atoms with Crippen LogP contribution in [-0.4, -0.2) is 39.5 Å². The zero-order valence-corrected chi connectivity index (χ0v) is 20.4. The molecule has 0 spiro atoms. The number of hydrogen-bond acceptors (Lipinski definition) is 6. The molecule has 35 heavy (non-hydrogen) atoms. The largest absolute Gasteiger partial charge is 0.445 e. The van der Waals surface area contributed by atoms with Crippen molar-refractivity contribution in [3.05, 3.63) is 72.1 Å². The maximum Gasteiger partial charge on any atom is 0.408 e. The van der Waals surface area contributed by atoms with Gasteiger partial charge in [-0.1, -0.05) is 60.7 Å². The Morgan fingerprint density at radius 2 is 1.66 bits per heavy atom. The van der Waals surface area contributed by atoms with E-state index in [0.717, 1.165) is 11.1 Å². The van der Waals surface area contributed by atoms with Gasteiger partial charge in [0.2, 0.25) is 0 Å². The van der Waals surface area contributed by atoms with Crippen molar-refractivity contribution in [2.24, 2.45) is 0 Å². The molecule has 2 amide bonds. The second-order valence-electron chi connectivity index (χ2n) is 9.09. The number of alkyl carbamates (subject to hydrolysis) is 2. The molecule has 186 valence electrons. The van der Waals surface area contributed by atoms with Crippen molar-refractivity contribution >= 4 is 12.2 Å². The molecule has 1 heterocycles. The first-order chi connectivity index (χ1) is 16.8. The summed E-state index contributed by atoms with van der Waals surface area (Å²) in [6.45, 7) is 6.09. The van der Waals surface area contributed by atoms with Crippen LogP contribution in [0.25, 0.3) is 11.4 Å². The number of amides is 2. The summed E-state index contributed by atoms with van der Waals surface area (Å²) in [5.41, 5.74) is 1.26. The Morgan fingerprint density at radius 3 is 2.34 bits per heavy atom. The average molecular weight is 480 g/mol. The number of unbranched alkanes of at least 4 members (excludes halogenated alkanes) is 1. The van der Waals surface area contributed by atoms with Gasteiger partial charge in [-0.25, -0.2) is 14.6 Å². The zero-order chi connectivity index (χ0) is 25.1. The number of nitrogens with one attached hydrogen (secondary N) is 3. The summed E-state index contributed by atoms with van der Waals surface area (Å²) < 4.78 is 10.6. The topological polar surface area (TPSA) is 118 Å². The number of carbonyl (C=O) groups is 2. The average Bonchev–Trinajstić information content (AvgIpc) is 3.32. The number of ether oxygens (including phenoxy) is 2. The third-order valence-corrected chi connectivity index (χ3v) is 4.95. The molecule has 0 aliphatic heterocycles. The molecule has 2 aromatic carbocycles. The Kier molecular flexibility index (Phi) is 9.23. The Hall–Kier alpha value is -3.88. The van der Waals surface area contributed by atoms with Gasteiger partial charge in [-0.3, -0.25) is 5.10 Å². The maximum absolute atomic E-state index is 12.5. The summed E-state index contributed by atoms with van der Waals surface area (Å²) in [7, 11) is 0. The number of benzene rings is 2. The minimum atomic E-state index is -0.545. The number of H-pyrrole nitrogens is 1. The lowest BCUT2D eigenvalue weighted by Crippen LogP contribution is -2.33. The van der Waals surface area contributed by atoms with Crippen LogP contribution >= 0.6 is 0 Å². The highest BCUT2D eigenvalue weighted by Gasteiger charge is 2.21. The standard InChI is InChI=1S/C26H33N5O4/c1-26(2,3)35-24(32)27-17-11-10-16-21(28-25(33)34-18-19-12-6-4-7-13-19)23-29-22(30-31-23)20-14-8-5-9-15-20/h4-9,12-15,21H,10-11,16-18H2,1-3H3,(H,27,32)(H,28,33)(H,29,30,31). The molecule has 1 atom stereocenters. The predicted octanol–water partition coefficient (Wildman–Crippen LogP) is 5.13. The van der Waals surface area contributed by atoms with Gasteiger partial charge >= 0.3 is 12.2 Å². The lowest BCUT2D eigenvalue weighted by atomic mass is 10.1. The van der Waals surface area contributed by atoms with E-state index in [4.69, 9.17) is 9.47 Å². The van der Waals surface area contributed by atoms with Crippen molar-refractivity contribution < 1.29 is 19.1 Å². The molecule has 1 unspecified atom stereocenters. The van der Waals surface area contributed by atoms with Gasteiger partial charge in [-0.05, 0) is 45.6 Å². The smallest absolute Gasteiger partial charge is 0.408 e. The second-order valence-corrected chi connectivity index (χ2v) is 9.09. The van der Waals surface area contributed by atoms with Gasteiger partial charge < -0.3 is 20.1 Å². The van der Waals surface area contributed by atoms with Crippen LogP contribution in [-0.2, 0) is 16.1 Å². The molecule has 3 rings (SSSR count). The van der Waals surface area contributed by atoms with Crippen LogP contribution in [0, 0.1) is 0 Å². The van der Waals surface area contributed by atoms with E-state index < -0.39 is 23.8 Å². The molecule has 0 radical (unpaired) electrons. The van der Waals surface area contributed by atoms with Gasteiger partial charge in [0.1, 0.15) is 12.2 Å². The van der Waals surface area contributed by atoms with E-state index in [1.54, 1.807) is 0 Å². The van der Waals surface area contributed by atoms with Gasteiger partial charge in [0, 0.05) is 12.1 Å².